The maximum absolute atomic E-state index is 12.3. The first-order chi connectivity index (χ1) is 14.3. The van der Waals surface area contributed by atoms with Gasteiger partial charge in [-0.05, 0) is 18.2 Å². The third-order valence-corrected chi connectivity index (χ3v) is 5.21. The van der Waals surface area contributed by atoms with Gasteiger partial charge in [-0.1, -0.05) is 17.8 Å². The minimum absolute atomic E-state index is 0.0217. The second kappa shape index (κ2) is 8.91. The summed E-state index contributed by atoms with van der Waals surface area (Å²) in [5, 5.41) is 2.08. The summed E-state index contributed by atoms with van der Waals surface area (Å²) >= 11 is 0.898. The Bertz CT molecular complexity index is 959. The first-order valence-electron chi connectivity index (χ1n) is 8.85. The highest BCUT2D eigenvalue weighted by Crippen LogP contribution is 2.24. The molecule has 11 heteroatoms. The SMILES string of the molecule is C=CCN1C(=O)c2ccc(C(=O)OCC(=O)NCCN3C(=O)CSC3=O)cc2C1=O. The number of thioether (sulfide) groups is 1. The lowest BCUT2D eigenvalue weighted by molar-refractivity contribution is -0.126. The predicted octanol–water partition coefficient (Wildman–Crippen LogP) is 0.437. The molecule has 1 fully saturated rings. The highest BCUT2D eigenvalue weighted by atomic mass is 32.2. The highest BCUT2D eigenvalue weighted by molar-refractivity contribution is 8.14. The van der Waals surface area contributed by atoms with Crippen LogP contribution in [0, 0.1) is 0 Å². The van der Waals surface area contributed by atoms with Gasteiger partial charge in [0.25, 0.3) is 23.0 Å². The van der Waals surface area contributed by atoms with E-state index in [1.807, 2.05) is 0 Å². The molecule has 156 valence electrons. The summed E-state index contributed by atoms with van der Waals surface area (Å²) in [6, 6.07) is 3.95. The molecule has 2 aliphatic rings. The Kier molecular flexibility index (Phi) is 6.31. The summed E-state index contributed by atoms with van der Waals surface area (Å²) < 4.78 is 4.92. The smallest absolute Gasteiger partial charge is 0.338 e. The van der Waals surface area contributed by atoms with Gasteiger partial charge < -0.3 is 10.1 Å². The fourth-order valence-corrected chi connectivity index (χ4v) is 3.63. The molecule has 0 radical (unpaired) electrons. The van der Waals surface area contributed by atoms with Crippen LogP contribution in [0.3, 0.4) is 0 Å². The minimum Gasteiger partial charge on any atom is -0.452 e. The van der Waals surface area contributed by atoms with Crippen LogP contribution in [0.4, 0.5) is 4.79 Å². The number of hydrogen-bond acceptors (Lipinski definition) is 8. The number of carbonyl (C=O) groups excluding carboxylic acids is 6. The van der Waals surface area contributed by atoms with Crippen molar-refractivity contribution in [3.8, 4) is 0 Å². The Morgan fingerprint density at radius 3 is 2.53 bits per heavy atom. The van der Waals surface area contributed by atoms with Crippen molar-refractivity contribution in [1.82, 2.24) is 15.1 Å². The second-order valence-corrected chi connectivity index (χ2v) is 7.22. The maximum atomic E-state index is 12.3. The fourth-order valence-electron chi connectivity index (χ4n) is 2.88. The van der Waals surface area contributed by atoms with Crippen LogP contribution in [0.25, 0.3) is 0 Å². The average Bonchev–Trinajstić information content (AvgIpc) is 3.17. The topological polar surface area (TPSA) is 130 Å². The normalized spacial score (nSPS) is 15.5. The van der Waals surface area contributed by atoms with Gasteiger partial charge in [-0.25, -0.2) is 4.79 Å². The van der Waals surface area contributed by atoms with Crippen molar-refractivity contribution in [2.24, 2.45) is 0 Å². The summed E-state index contributed by atoms with van der Waals surface area (Å²) in [6.07, 6.45) is 1.42. The summed E-state index contributed by atoms with van der Waals surface area (Å²) in [7, 11) is 0. The van der Waals surface area contributed by atoms with Crippen LogP contribution in [-0.2, 0) is 14.3 Å². The Morgan fingerprint density at radius 2 is 1.87 bits per heavy atom. The molecule has 2 heterocycles. The molecule has 0 saturated carbocycles. The van der Waals surface area contributed by atoms with Gasteiger partial charge in [0.15, 0.2) is 6.61 Å². The van der Waals surface area contributed by atoms with Gasteiger partial charge in [-0.3, -0.25) is 33.8 Å². The first-order valence-corrected chi connectivity index (χ1v) is 9.84. The second-order valence-electron chi connectivity index (χ2n) is 6.30. The molecular weight excluding hydrogens is 414 g/mol. The monoisotopic (exact) mass is 431 g/mol. The molecular formula is C19H17N3O7S. The van der Waals surface area contributed by atoms with Gasteiger partial charge in [0.05, 0.1) is 22.4 Å². The Labute approximate surface area is 175 Å². The van der Waals surface area contributed by atoms with E-state index >= 15 is 0 Å². The van der Waals surface area contributed by atoms with Gasteiger partial charge in [-0.2, -0.15) is 0 Å². The van der Waals surface area contributed by atoms with E-state index in [-0.39, 0.29) is 53.2 Å². The number of benzene rings is 1. The predicted molar refractivity (Wildman–Crippen MR) is 105 cm³/mol. The van der Waals surface area contributed by atoms with Crippen molar-refractivity contribution in [2.75, 3.05) is 32.0 Å². The Hall–Kier alpha value is -3.47. The number of nitrogens with one attached hydrogen (secondary N) is 1. The zero-order chi connectivity index (χ0) is 21.8. The summed E-state index contributed by atoms with van der Waals surface area (Å²) in [5.41, 5.74) is 0.285. The van der Waals surface area contributed by atoms with Crippen LogP contribution >= 0.6 is 11.8 Å². The number of nitrogens with zero attached hydrogens (tertiary/aromatic N) is 2. The van der Waals surface area contributed by atoms with Crippen molar-refractivity contribution in [3.63, 3.8) is 0 Å². The molecule has 0 spiro atoms. The molecule has 1 N–H and O–H groups in total. The number of ether oxygens (including phenoxy) is 1. The summed E-state index contributed by atoms with van der Waals surface area (Å²) in [4.78, 5) is 73.4. The lowest BCUT2D eigenvalue weighted by atomic mass is 10.1. The van der Waals surface area contributed by atoms with Crippen molar-refractivity contribution in [2.45, 2.75) is 0 Å². The van der Waals surface area contributed by atoms with E-state index in [1.165, 1.54) is 24.3 Å². The average molecular weight is 431 g/mol. The van der Waals surface area contributed by atoms with E-state index in [1.54, 1.807) is 0 Å². The van der Waals surface area contributed by atoms with E-state index in [0.29, 0.717) is 0 Å². The Morgan fingerprint density at radius 1 is 1.13 bits per heavy atom. The van der Waals surface area contributed by atoms with E-state index in [9.17, 15) is 28.8 Å². The zero-order valence-electron chi connectivity index (χ0n) is 15.7. The minimum atomic E-state index is -0.836. The van der Waals surface area contributed by atoms with Crippen LogP contribution < -0.4 is 5.32 Å². The maximum Gasteiger partial charge on any atom is 0.338 e. The molecule has 1 saturated heterocycles. The molecule has 5 amide bonds. The van der Waals surface area contributed by atoms with Crippen molar-refractivity contribution in [3.05, 3.63) is 47.5 Å². The number of rotatable bonds is 8. The van der Waals surface area contributed by atoms with Gasteiger partial charge in [0.2, 0.25) is 5.91 Å². The number of hydrogen-bond donors (Lipinski definition) is 1. The quantitative estimate of drug-likeness (QED) is 0.356. The van der Waals surface area contributed by atoms with Crippen molar-refractivity contribution >= 4 is 46.6 Å². The van der Waals surface area contributed by atoms with Crippen LogP contribution in [0.15, 0.2) is 30.9 Å². The van der Waals surface area contributed by atoms with Crippen LogP contribution in [-0.4, -0.2) is 76.6 Å². The third-order valence-electron chi connectivity index (χ3n) is 4.35. The molecule has 2 aliphatic heterocycles. The standard InChI is InChI=1S/C19H17N3O7S/c1-2-6-22-16(25)12-4-3-11(8-13(12)17(22)26)18(27)29-9-14(23)20-5-7-21-15(24)10-30-19(21)28/h2-4,8H,1,5-7,9-10H2,(H,20,23). The number of fused-ring (bicyclic) bond motifs is 1. The van der Waals surface area contributed by atoms with Crippen LogP contribution in [0.5, 0.6) is 0 Å². The third kappa shape index (κ3) is 4.25. The Balaban J connectivity index is 1.51. The highest BCUT2D eigenvalue weighted by Gasteiger charge is 2.35. The lowest BCUT2D eigenvalue weighted by Gasteiger charge is -2.13. The van der Waals surface area contributed by atoms with Gasteiger partial charge >= 0.3 is 5.97 Å². The van der Waals surface area contributed by atoms with E-state index in [4.69, 9.17) is 4.74 Å². The molecule has 1 aromatic rings. The molecule has 10 nitrogen and oxygen atoms in total. The van der Waals surface area contributed by atoms with Gasteiger partial charge in [-0.15, -0.1) is 6.58 Å². The summed E-state index contributed by atoms with van der Waals surface area (Å²) in [5.74, 6) is -2.68. The van der Waals surface area contributed by atoms with E-state index in [0.717, 1.165) is 21.6 Å². The van der Waals surface area contributed by atoms with Crippen molar-refractivity contribution < 1.29 is 33.5 Å². The van der Waals surface area contributed by atoms with Crippen molar-refractivity contribution in [1.29, 1.82) is 0 Å². The number of imide groups is 2. The van der Waals surface area contributed by atoms with Gasteiger partial charge in [0.1, 0.15) is 0 Å². The molecule has 3 rings (SSSR count). The van der Waals surface area contributed by atoms with Crippen LogP contribution in [0.2, 0.25) is 0 Å². The molecule has 1 aromatic carbocycles. The van der Waals surface area contributed by atoms with Gasteiger partial charge in [0, 0.05) is 19.6 Å². The molecule has 0 atom stereocenters. The molecule has 0 bridgehead atoms. The first kappa shape index (κ1) is 21.2. The largest absolute Gasteiger partial charge is 0.452 e. The lowest BCUT2D eigenvalue weighted by Crippen LogP contribution is -2.38. The van der Waals surface area contributed by atoms with E-state index < -0.39 is 30.3 Å². The zero-order valence-corrected chi connectivity index (χ0v) is 16.5. The molecule has 0 aliphatic carbocycles. The number of esters is 1. The van der Waals surface area contributed by atoms with E-state index in [2.05, 4.69) is 11.9 Å². The number of carbonyl (C=O) groups is 6. The summed E-state index contributed by atoms with van der Waals surface area (Å²) in [6.45, 7) is 3.04. The number of amides is 5. The molecule has 30 heavy (non-hydrogen) atoms. The fraction of sp³-hybridized carbons (Fsp3) is 0.263. The van der Waals surface area contributed by atoms with Crippen LogP contribution in [0.1, 0.15) is 31.1 Å². The molecule has 0 aromatic heterocycles. The molecule has 0 unspecified atom stereocenters.